The van der Waals surface area contributed by atoms with Gasteiger partial charge in [0.2, 0.25) is 0 Å². The third kappa shape index (κ3) is 2.94. The van der Waals surface area contributed by atoms with Crippen LogP contribution >= 0.6 is 34.2 Å². The van der Waals surface area contributed by atoms with Crippen molar-refractivity contribution in [3.05, 3.63) is 56.6 Å². The first-order valence-electron chi connectivity index (χ1n) is 5.19. The van der Waals surface area contributed by atoms with Crippen LogP contribution in [0.25, 0.3) is 0 Å². The number of hydrogen-bond acceptors (Lipinski definition) is 2. The molecule has 5 heteroatoms. The van der Waals surface area contributed by atoms with E-state index in [1.54, 1.807) is 30.3 Å². The number of halogens is 2. The molecule has 0 saturated heterocycles. The largest absolute Gasteiger partial charge is 0.397 e. The van der Waals surface area contributed by atoms with Crippen molar-refractivity contribution in [1.29, 1.82) is 0 Å². The zero-order chi connectivity index (χ0) is 13.1. The number of para-hydroxylation sites is 2. The van der Waals surface area contributed by atoms with Gasteiger partial charge in [0.05, 0.1) is 16.9 Å². The van der Waals surface area contributed by atoms with E-state index in [4.69, 9.17) is 17.3 Å². The Morgan fingerprint density at radius 2 is 1.94 bits per heavy atom. The van der Waals surface area contributed by atoms with E-state index in [1.807, 2.05) is 12.1 Å². The Labute approximate surface area is 123 Å². The van der Waals surface area contributed by atoms with Gasteiger partial charge in [-0.15, -0.1) is 0 Å². The molecule has 0 aliphatic carbocycles. The maximum absolute atomic E-state index is 12.1. The van der Waals surface area contributed by atoms with Crippen LogP contribution in [0.15, 0.2) is 42.5 Å². The summed E-state index contributed by atoms with van der Waals surface area (Å²) in [5, 5.41) is 3.30. The number of carbonyl (C=O) groups is 1. The van der Waals surface area contributed by atoms with E-state index in [2.05, 4.69) is 27.9 Å². The van der Waals surface area contributed by atoms with Crippen molar-refractivity contribution in [1.82, 2.24) is 0 Å². The summed E-state index contributed by atoms with van der Waals surface area (Å²) in [6.07, 6.45) is 0. The molecule has 2 aromatic rings. The number of rotatable bonds is 2. The fraction of sp³-hybridized carbons (Fsp3) is 0. The van der Waals surface area contributed by atoms with Crippen molar-refractivity contribution in [2.75, 3.05) is 11.1 Å². The van der Waals surface area contributed by atoms with Crippen molar-refractivity contribution in [2.24, 2.45) is 0 Å². The highest BCUT2D eigenvalue weighted by atomic mass is 127. The van der Waals surface area contributed by atoms with E-state index in [9.17, 15) is 4.79 Å². The molecule has 0 saturated carbocycles. The van der Waals surface area contributed by atoms with E-state index >= 15 is 0 Å². The van der Waals surface area contributed by atoms with Gasteiger partial charge in [0.15, 0.2) is 0 Å². The first-order chi connectivity index (χ1) is 8.58. The van der Waals surface area contributed by atoms with E-state index in [-0.39, 0.29) is 5.91 Å². The van der Waals surface area contributed by atoms with Crippen LogP contribution in [-0.2, 0) is 0 Å². The summed E-state index contributed by atoms with van der Waals surface area (Å²) in [5.41, 5.74) is 7.43. The first kappa shape index (κ1) is 13.2. The first-order valence-corrected chi connectivity index (χ1v) is 6.64. The van der Waals surface area contributed by atoms with Crippen LogP contribution in [-0.4, -0.2) is 5.91 Å². The lowest BCUT2D eigenvalue weighted by Gasteiger charge is -2.09. The van der Waals surface area contributed by atoms with Crippen molar-refractivity contribution >= 4 is 51.5 Å². The molecule has 92 valence electrons. The van der Waals surface area contributed by atoms with Crippen LogP contribution in [0.1, 0.15) is 10.4 Å². The number of anilines is 2. The van der Waals surface area contributed by atoms with Crippen LogP contribution in [0.2, 0.25) is 5.02 Å². The third-order valence-corrected chi connectivity index (χ3v) is 3.56. The van der Waals surface area contributed by atoms with E-state index in [0.29, 0.717) is 22.0 Å². The molecule has 2 aromatic carbocycles. The van der Waals surface area contributed by atoms with Gasteiger partial charge in [0.25, 0.3) is 5.91 Å². The molecular weight excluding hydrogens is 363 g/mol. The number of nitrogens with one attached hydrogen (secondary N) is 1. The molecule has 0 aliphatic heterocycles. The van der Waals surface area contributed by atoms with Gasteiger partial charge < -0.3 is 11.1 Å². The summed E-state index contributed by atoms with van der Waals surface area (Å²) in [7, 11) is 0. The summed E-state index contributed by atoms with van der Waals surface area (Å²) < 4.78 is 0.837. The standard InChI is InChI=1S/C13H10ClIN2O/c14-8-5-6-10(15)9(7-8)13(18)17-12-4-2-1-3-11(12)16/h1-7H,16H2,(H,17,18). The van der Waals surface area contributed by atoms with Crippen molar-refractivity contribution in [3.63, 3.8) is 0 Å². The number of carbonyl (C=O) groups excluding carboxylic acids is 1. The highest BCUT2D eigenvalue weighted by molar-refractivity contribution is 14.1. The second kappa shape index (κ2) is 5.58. The summed E-state index contributed by atoms with van der Waals surface area (Å²) in [6.45, 7) is 0. The van der Waals surface area contributed by atoms with E-state index < -0.39 is 0 Å². The predicted molar refractivity (Wildman–Crippen MR) is 83.0 cm³/mol. The Kier molecular flexibility index (Phi) is 4.08. The van der Waals surface area contributed by atoms with E-state index in [1.165, 1.54) is 0 Å². The monoisotopic (exact) mass is 372 g/mol. The van der Waals surface area contributed by atoms with Crippen LogP contribution in [0.5, 0.6) is 0 Å². The smallest absolute Gasteiger partial charge is 0.256 e. The Bertz CT molecular complexity index is 601. The summed E-state index contributed by atoms with van der Waals surface area (Å²) in [6, 6.07) is 12.3. The second-order valence-electron chi connectivity index (χ2n) is 3.67. The van der Waals surface area contributed by atoms with Gasteiger partial charge >= 0.3 is 0 Å². The predicted octanol–water partition coefficient (Wildman–Crippen LogP) is 3.78. The maximum Gasteiger partial charge on any atom is 0.256 e. The number of benzene rings is 2. The Morgan fingerprint density at radius 3 is 2.67 bits per heavy atom. The highest BCUT2D eigenvalue weighted by Gasteiger charge is 2.11. The zero-order valence-corrected chi connectivity index (χ0v) is 12.2. The third-order valence-electron chi connectivity index (χ3n) is 2.38. The molecule has 3 nitrogen and oxygen atoms in total. The van der Waals surface area contributed by atoms with Crippen LogP contribution in [0.4, 0.5) is 11.4 Å². The fourth-order valence-corrected chi connectivity index (χ4v) is 2.22. The topological polar surface area (TPSA) is 55.1 Å². The number of nitrogens with two attached hydrogens (primary N) is 1. The van der Waals surface area contributed by atoms with Gasteiger partial charge in [0.1, 0.15) is 0 Å². The molecule has 1 amide bonds. The van der Waals surface area contributed by atoms with Gasteiger partial charge in [0, 0.05) is 8.59 Å². The zero-order valence-electron chi connectivity index (χ0n) is 9.28. The number of hydrogen-bond donors (Lipinski definition) is 2. The second-order valence-corrected chi connectivity index (χ2v) is 5.26. The molecule has 0 atom stereocenters. The average molecular weight is 373 g/mol. The molecule has 3 N–H and O–H groups in total. The molecule has 0 aromatic heterocycles. The van der Waals surface area contributed by atoms with Gasteiger partial charge in [-0.2, -0.15) is 0 Å². The van der Waals surface area contributed by atoms with Gasteiger partial charge in [-0.05, 0) is 52.9 Å². The van der Waals surface area contributed by atoms with Crippen molar-refractivity contribution in [3.8, 4) is 0 Å². The molecule has 0 radical (unpaired) electrons. The highest BCUT2D eigenvalue weighted by Crippen LogP contribution is 2.21. The molecule has 18 heavy (non-hydrogen) atoms. The molecule has 0 spiro atoms. The summed E-state index contributed by atoms with van der Waals surface area (Å²) >= 11 is 7.98. The molecule has 0 aliphatic rings. The SMILES string of the molecule is Nc1ccccc1NC(=O)c1cc(Cl)ccc1I. The average Bonchev–Trinajstić information content (AvgIpc) is 2.35. The van der Waals surface area contributed by atoms with Gasteiger partial charge in [-0.1, -0.05) is 23.7 Å². The lowest BCUT2D eigenvalue weighted by Crippen LogP contribution is -2.14. The molecule has 0 bridgehead atoms. The quantitative estimate of drug-likeness (QED) is 0.623. The Morgan fingerprint density at radius 1 is 1.22 bits per heavy atom. The van der Waals surface area contributed by atoms with E-state index in [0.717, 1.165) is 3.57 Å². The fourth-order valence-electron chi connectivity index (χ4n) is 1.47. The molecule has 0 unspecified atom stereocenters. The molecule has 2 rings (SSSR count). The summed E-state index contributed by atoms with van der Waals surface area (Å²) in [5.74, 6) is -0.222. The number of nitrogen functional groups attached to an aromatic ring is 1. The lowest BCUT2D eigenvalue weighted by atomic mass is 10.2. The van der Waals surface area contributed by atoms with Gasteiger partial charge in [-0.3, -0.25) is 4.79 Å². The molecule has 0 fully saturated rings. The minimum absolute atomic E-state index is 0.222. The van der Waals surface area contributed by atoms with Crippen LogP contribution in [0, 0.1) is 3.57 Å². The van der Waals surface area contributed by atoms with Crippen LogP contribution in [0.3, 0.4) is 0 Å². The lowest BCUT2D eigenvalue weighted by molar-refractivity contribution is 0.102. The maximum atomic E-state index is 12.1. The molecular formula is C13H10ClIN2O. The van der Waals surface area contributed by atoms with Crippen LogP contribution < -0.4 is 11.1 Å². The Hall–Kier alpha value is -1.27. The Balaban J connectivity index is 2.28. The number of amides is 1. The van der Waals surface area contributed by atoms with Crippen molar-refractivity contribution in [2.45, 2.75) is 0 Å². The van der Waals surface area contributed by atoms with Gasteiger partial charge in [-0.25, -0.2) is 0 Å². The summed E-state index contributed by atoms with van der Waals surface area (Å²) in [4.78, 5) is 12.1. The minimum Gasteiger partial charge on any atom is -0.397 e. The molecule has 0 heterocycles. The minimum atomic E-state index is -0.222. The van der Waals surface area contributed by atoms with Crippen molar-refractivity contribution < 1.29 is 4.79 Å². The normalized spacial score (nSPS) is 10.1.